The Kier molecular flexibility index (Phi) is 2.66. The lowest BCUT2D eigenvalue weighted by atomic mass is 10.4. The third kappa shape index (κ3) is 2.05. The summed E-state index contributed by atoms with van der Waals surface area (Å²) in [6.45, 7) is 1.27. The molecular weight excluding hydrogens is 194 g/mol. The monoisotopic (exact) mass is 201 g/mol. The van der Waals surface area contributed by atoms with E-state index < -0.39 is 5.97 Å². The van der Waals surface area contributed by atoms with Crippen molar-refractivity contribution in [3.8, 4) is 0 Å². The predicted octanol–water partition coefficient (Wildman–Crippen LogP) is -0.0429. The maximum atomic E-state index is 11.0. The fourth-order valence-corrected chi connectivity index (χ4v) is 1.31. The molecule has 0 unspecified atom stereocenters. The molecule has 0 aromatic heterocycles. The van der Waals surface area contributed by atoms with Gasteiger partial charge in [0.15, 0.2) is 5.17 Å². The molecule has 0 aromatic carbocycles. The molecule has 0 saturated carbocycles. The van der Waals surface area contributed by atoms with Crippen LogP contribution in [0.25, 0.3) is 0 Å². The van der Waals surface area contributed by atoms with Crippen molar-refractivity contribution in [1.82, 2.24) is 5.01 Å². The zero-order valence-corrected chi connectivity index (χ0v) is 7.59. The van der Waals surface area contributed by atoms with Crippen LogP contribution < -0.4 is 0 Å². The molecule has 6 nitrogen and oxygen atoms in total. The maximum absolute atomic E-state index is 11.0. The standard InChI is InChI=1S/C6H7N3O3S/c1-3(5(11)12)8-9-4(10)2-13-6(9)7/h7H,2H2,1H3,(H,11,12)/b7-6?,8-3+. The normalized spacial score (nSPS) is 18.2. The summed E-state index contributed by atoms with van der Waals surface area (Å²) < 4.78 is 0. The van der Waals surface area contributed by atoms with Crippen molar-refractivity contribution in [3.05, 3.63) is 0 Å². The second-order valence-electron chi connectivity index (χ2n) is 2.29. The second-order valence-corrected chi connectivity index (χ2v) is 3.25. The number of hydrogen-bond donors (Lipinski definition) is 2. The molecule has 1 fully saturated rings. The Morgan fingerprint density at radius 3 is 2.77 bits per heavy atom. The Morgan fingerprint density at radius 1 is 1.77 bits per heavy atom. The summed E-state index contributed by atoms with van der Waals surface area (Å²) in [6.07, 6.45) is 0. The van der Waals surface area contributed by atoms with Crippen LogP contribution in [0, 0.1) is 5.41 Å². The van der Waals surface area contributed by atoms with Crippen LogP contribution in [0.2, 0.25) is 0 Å². The minimum atomic E-state index is -1.20. The molecule has 0 aromatic rings. The van der Waals surface area contributed by atoms with E-state index in [2.05, 4.69) is 5.10 Å². The summed E-state index contributed by atoms with van der Waals surface area (Å²) in [7, 11) is 0. The maximum Gasteiger partial charge on any atom is 0.351 e. The van der Waals surface area contributed by atoms with Gasteiger partial charge in [-0.15, -0.1) is 0 Å². The van der Waals surface area contributed by atoms with Crippen molar-refractivity contribution in [2.24, 2.45) is 5.10 Å². The number of rotatable bonds is 2. The first-order chi connectivity index (χ1) is 6.02. The Bertz CT molecular complexity index is 296. The summed E-state index contributed by atoms with van der Waals surface area (Å²) in [5.74, 6) is -1.41. The van der Waals surface area contributed by atoms with Gasteiger partial charge in [-0.1, -0.05) is 11.8 Å². The Labute approximate surface area is 78.1 Å². The summed E-state index contributed by atoms with van der Waals surface area (Å²) in [4.78, 5) is 21.4. The van der Waals surface area contributed by atoms with E-state index in [1.807, 2.05) is 0 Å². The fraction of sp³-hybridized carbons (Fsp3) is 0.333. The number of carbonyl (C=O) groups is 2. The second kappa shape index (κ2) is 3.56. The van der Waals surface area contributed by atoms with Crippen LogP contribution in [0.4, 0.5) is 0 Å². The predicted molar refractivity (Wildman–Crippen MR) is 47.8 cm³/mol. The van der Waals surface area contributed by atoms with E-state index in [1.165, 1.54) is 6.92 Å². The number of nitrogens with zero attached hydrogens (tertiary/aromatic N) is 2. The Balaban J connectivity index is 2.83. The van der Waals surface area contributed by atoms with E-state index in [4.69, 9.17) is 10.5 Å². The summed E-state index contributed by atoms with van der Waals surface area (Å²) >= 11 is 1.03. The number of carboxylic acids is 1. The molecule has 1 amide bonds. The van der Waals surface area contributed by atoms with Crippen LogP contribution in [0.3, 0.4) is 0 Å². The highest BCUT2D eigenvalue weighted by molar-refractivity contribution is 8.14. The quantitative estimate of drug-likeness (QED) is 0.613. The van der Waals surface area contributed by atoms with E-state index in [0.717, 1.165) is 16.8 Å². The third-order valence-electron chi connectivity index (χ3n) is 1.32. The highest BCUT2D eigenvalue weighted by Crippen LogP contribution is 2.17. The molecule has 1 aliphatic heterocycles. The molecule has 0 bridgehead atoms. The molecule has 0 aliphatic carbocycles. The molecule has 1 rings (SSSR count). The molecule has 1 aliphatic rings. The van der Waals surface area contributed by atoms with Gasteiger partial charge in [-0.05, 0) is 6.92 Å². The smallest absolute Gasteiger partial charge is 0.351 e. The minimum Gasteiger partial charge on any atom is -0.477 e. The van der Waals surface area contributed by atoms with Gasteiger partial charge < -0.3 is 5.11 Å². The number of carbonyl (C=O) groups excluding carboxylic acids is 1. The highest BCUT2D eigenvalue weighted by atomic mass is 32.2. The third-order valence-corrected chi connectivity index (χ3v) is 2.16. The van der Waals surface area contributed by atoms with Gasteiger partial charge in [0.1, 0.15) is 5.71 Å². The lowest BCUT2D eigenvalue weighted by Gasteiger charge is -2.06. The van der Waals surface area contributed by atoms with Crippen molar-refractivity contribution in [2.75, 3.05) is 5.75 Å². The Hall–Kier alpha value is -1.37. The van der Waals surface area contributed by atoms with Gasteiger partial charge >= 0.3 is 5.97 Å². The van der Waals surface area contributed by atoms with Gasteiger partial charge in [-0.25, -0.2) is 4.79 Å². The van der Waals surface area contributed by atoms with Crippen LogP contribution in [0.5, 0.6) is 0 Å². The van der Waals surface area contributed by atoms with E-state index >= 15 is 0 Å². The van der Waals surface area contributed by atoms with Gasteiger partial charge in [0, 0.05) is 0 Å². The first-order valence-electron chi connectivity index (χ1n) is 3.35. The minimum absolute atomic E-state index is 0.0365. The summed E-state index contributed by atoms with van der Waals surface area (Å²) in [5, 5.41) is 20.0. The van der Waals surface area contributed by atoms with Gasteiger partial charge in [0.05, 0.1) is 5.75 Å². The zero-order valence-electron chi connectivity index (χ0n) is 6.77. The number of thioether (sulfide) groups is 1. The topological polar surface area (TPSA) is 93.8 Å². The van der Waals surface area contributed by atoms with E-state index in [9.17, 15) is 9.59 Å². The molecule has 1 saturated heterocycles. The molecule has 0 spiro atoms. The van der Waals surface area contributed by atoms with Crippen molar-refractivity contribution in [2.45, 2.75) is 6.92 Å². The Morgan fingerprint density at radius 2 is 2.38 bits per heavy atom. The number of hydrazone groups is 1. The van der Waals surface area contributed by atoms with Crippen LogP contribution in [-0.2, 0) is 9.59 Å². The largest absolute Gasteiger partial charge is 0.477 e. The SMILES string of the molecule is C/C(=N\N1C(=N)SCC1=O)C(=O)O. The first-order valence-corrected chi connectivity index (χ1v) is 4.33. The van der Waals surface area contributed by atoms with Gasteiger partial charge in [0.2, 0.25) is 0 Å². The number of aliphatic carboxylic acids is 1. The number of hydrogen-bond acceptors (Lipinski definition) is 5. The molecular formula is C6H7N3O3S. The summed E-state index contributed by atoms with van der Waals surface area (Å²) in [6, 6.07) is 0. The number of nitrogens with one attached hydrogen (secondary N) is 1. The average molecular weight is 201 g/mol. The van der Waals surface area contributed by atoms with Crippen LogP contribution in [0.15, 0.2) is 5.10 Å². The zero-order chi connectivity index (χ0) is 10.0. The van der Waals surface area contributed by atoms with Crippen LogP contribution in [-0.4, -0.2) is 38.6 Å². The lowest BCUT2D eigenvalue weighted by Crippen LogP contribution is -2.26. The first kappa shape index (κ1) is 9.72. The van der Waals surface area contributed by atoms with Crippen molar-refractivity contribution >= 4 is 34.5 Å². The molecule has 2 N–H and O–H groups in total. The van der Waals surface area contributed by atoms with E-state index in [-0.39, 0.29) is 22.5 Å². The molecule has 7 heteroatoms. The van der Waals surface area contributed by atoms with Crippen LogP contribution >= 0.6 is 11.8 Å². The molecule has 13 heavy (non-hydrogen) atoms. The van der Waals surface area contributed by atoms with E-state index in [0.29, 0.717) is 0 Å². The fourth-order valence-electron chi connectivity index (χ4n) is 0.660. The lowest BCUT2D eigenvalue weighted by molar-refractivity contribution is -0.129. The van der Waals surface area contributed by atoms with Crippen LogP contribution in [0.1, 0.15) is 6.92 Å². The highest BCUT2D eigenvalue weighted by Gasteiger charge is 2.27. The summed E-state index contributed by atoms with van der Waals surface area (Å²) in [5.41, 5.74) is -0.208. The molecule has 0 atom stereocenters. The number of carboxylic acid groups (broad SMARTS) is 1. The van der Waals surface area contributed by atoms with Crippen molar-refractivity contribution in [1.29, 1.82) is 5.41 Å². The molecule has 1 heterocycles. The van der Waals surface area contributed by atoms with Crippen molar-refractivity contribution < 1.29 is 14.7 Å². The average Bonchev–Trinajstić information content (AvgIpc) is 2.35. The number of amides is 1. The van der Waals surface area contributed by atoms with Gasteiger partial charge in [0.25, 0.3) is 5.91 Å². The van der Waals surface area contributed by atoms with E-state index in [1.54, 1.807) is 0 Å². The number of amidine groups is 1. The molecule has 70 valence electrons. The van der Waals surface area contributed by atoms with Gasteiger partial charge in [-0.2, -0.15) is 10.1 Å². The molecule has 0 radical (unpaired) electrons. The van der Waals surface area contributed by atoms with Gasteiger partial charge in [-0.3, -0.25) is 10.2 Å². The van der Waals surface area contributed by atoms with Crippen molar-refractivity contribution in [3.63, 3.8) is 0 Å².